The van der Waals surface area contributed by atoms with Gasteiger partial charge in [-0.15, -0.1) is 0 Å². The Labute approximate surface area is 131 Å². The molecule has 0 radical (unpaired) electrons. The van der Waals surface area contributed by atoms with Gasteiger partial charge in [0.15, 0.2) is 0 Å². The molecule has 22 heavy (non-hydrogen) atoms. The second-order valence-electron chi connectivity index (χ2n) is 5.36. The fourth-order valence-corrected chi connectivity index (χ4v) is 2.21. The summed E-state index contributed by atoms with van der Waals surface area (Å²) in [4.78, 5) is 12.0. The summed E-state index contributed by atoms with van der Waals surface area (Å²) in [6, 6.07) is 13.2. The number of para-hydroxylation sites is 1. The van der Waals surface area contributed by atoms with Gasteiger partial charge in [0.2, 0.25) is 0 Å². The van der Waals surface area contributed by atoms with E-state index in [1.807, 2.05) is 44.2 Å². The van der Waals surface area contributed by atoms with E-state index in [0.717, 1.165) is 36.0 Å². The molecule has 0 aromatic heterocycles. The van der Waals surface area contributed by atoms with Crippen LogP contribution in [0.25, 0.3) is 0 Å². The number of carbonyl (C=O) groups excluding carboxylic acids is 1. The fourth-order valence-electron chi connectivity index (χ4n) is 2.21. The summed E-state index contributed by atoms with van der Waals surface area (Å²) in [5, 5.41) is 0. The van der Waals surface area contributed by atoms with Gasteiger partial charge in [-0.3, -0.25) is 0 Å². The third-order valence-corrected chi connectivity index (χ3v) is 3.71. The average Bonchev–Trinajstić information content (AvgIpc) is 2.51. The van der Waals surface area contributed by atoms with Gasteiger partial charge in [-0.25, -0.2) is 4.79 Å². The Morgan fingerprint density at radius 3 is 2.41 bits per heavy atom. The highest BCUT2D eigenvalue weighted by atomic mass is 16.7. The second-order valence-corrected chi connectivity index (χ2v) is 5.36. The molecule has 0 saturated heterocycles. The summed E-state index contributed by atoms with van der Waals surface area (Å²) in [5.41, 5.74) is 3.05. The first kappa shape index (κ1) is 16.1. The van der Waals surface area contributed by atoms with E-state index in [9.17, 15) is 4.79 Å². The Bertz CT molecular complexity index is 647. The van der Waals surface area contributed by atoms with E-state index in [-0.39, 0.29) is 0 Å². The van der Waals surface area contributed by atoms with Crippen LogP contribution in [0.3, 0.4) is 0 Å². The number of benzene rings is 2. The summed E-state index contributed by atoms with van der Waals surface area (Å²) < 4.78 is 10.7. The molecule has 0 spiro atoms. The van der Waals surface area contributed by atoms with Crippen LogP contribution >= 0.6 is 0 Å². The first-order valence-corrected chi connectivity index (χ1v) is 7.65. The molecule has 0 N–H and O–H groups in total. The number of hydrogen-bond acceptors (Lipinski definition) is 3. The highest BCUT2D eigenvalue weighted by Gasteiger charge is 2.13. The van der Waals surface area contributed by atoms with E-state index in [4.69, 9.17) is 9.47 Å². The molecular formula is C19H22O3. The van der Waals surface area contributed by atoms with Crippen LogP contribution in [0, 0.1) is 13.8 Å². The van der Waals surface area contributed by atoms with Crippen molar-refractivity contribution < 1.29 is 14.3 Å². The van der Waals surface area contributed by atoms with Gasteiger partial charge in [-0.1, -0.05) is 43.7 Å². The molecule has 0 fully saturated rings. The molecule has 0 aliphatic carbocycles. The van der Waals surface area contributed by atoms with Crippen molar-refractivity contribution in [2.75, 3.05) is 0 Å². The van der Waals surface area contributed by atoms with Gasteiger partial charge in [0.25, 0.3) is 0 Å². The minimum atomic E-state index is -0.697. The van der Waals surface area contributed by atoms with Gasteiger partial charge >= 0.3 is 6.16 Å². The third-order valence-electron chi connectivity index (χ3n) is 3.71. The third kappa shape index (κ3) is 4.10. The zero-order valence-corrected chi connectivity index (χ0v) is 13.4. The molecule has 0 aliphatic rings. The van der Waals surface area contributed by atoms with Crippen molar-refractivity contribution in [3.8, 4) is 11.5 Å². The summed E-state index contributed by atoms with van der Waals surface area (Å²) in [7, 11) is 0. The predicted molar refractivity (Wildman–Crippen MR) is 87.6 cm³/mol. The molecule has 0 aliphatic heterocycles. The smallest absolute Gasteiger partial charge is 0.394 e. The minimum Gasteiger partial charge on any atom is -0.394 e. The van der Waals surface area contributed by atoms with E-state index in [1.165, 1.54) is 0 Å². The van der Waals surface area contributed by atoms with Crippen molar-refractivity contribution in [2.24, 2.45) is 0 Å². The van der Waals surface area contributed by atoms with E-state index in [0.29, 0.717) is 11.5 Å². The molecular weight excluding hydrogens is 276 g/mol. The van der Waals surface area contributed by atoms with Crippen molar-refractivity contribution in [3.05, 3.63) is 59.2 Å². The summed E-state index contributed by atoms with van der Waals surface area (Å²) in [6.07, 6.45) is 2.36. The largest absolute Gasteiger partial charge is 0.519 e. The van der Waals surface area contributed by atoms with E-state index in [1.54, 1.807) is 12.1 Å². The standard InChI is InChI=1S/C19H22O3/c1-4-5-10-16-11-6-7-12-18(16)22-19(20)21-17-13-8-9-14(2)15(17)3/h6-9,11-13H,4-5,10H2,1-3H3. The number of rotatable bonds is 5. The quantitative estimate of drug-likeness (QED) is 0.560. The lowest BCUT2D eigenvalue weighted by molar-refractivity contribution is 0.151. The maximum atomic E-state index is 12.0. The molecule has 2 aromatic rings. The average molecular weight is 298 g/mol. The SMILES string of the molecule is CCCCc1ccccc1OC(=O)Oc1cccc(C)c1C. The maximum absolute atomic E-state index is 12.0. The van der Waals surface area contributed by atoms with Gasteiger partial charge in [0.1, 0.15) is 11.5 Å². The lowest BCUT2D eigenvalue weighted by atomic mass is 10.1. The van der Waals surface area contributed by atoms with Gasteiger partial charge in [0, 0.05) is 0 Å². The lowest BCUT2D eigenvalue weighted by Gasteiger charge is -2.11. The van der Waals surface area contributed by atoms with Gasteiger partial charge < -0.3 is 9.47 Å². The second kappa shape index (κ2) is 7.64. The molecule has 0 bridgehead atoms. The summed E-state index contributed by atoms with van der Waals surface area (Å²) >= 11 is 0. The van der Waals surface area contributed by atoms with Crippen molar-refractivity contribution in [3.63, 3.8) is 0 Å². The minimum absolute atomic E-state index is 0.538. The highest BCUT2D eigenvalue weighted by Crippen LogP contribution is 2.23. The van der Waals surface area contributed by atoms with Crippen LogP contribution in [0.4, 0.5) is 4.79 Å². The van der Waals surface area contributed by atoms with E-state index >= 15 is 0 Å². The number of unbranched alkanes of at least 4 members (excludes halogenated alkanes) is 1. The van der Waals surface area contributed by atoms with E-state index < -0.39 is 6.16 Å². The lowest BCUT2D eigenvalue weighted by Crippen LogP contribution is -2.15. The van der Waals surface area contributed by atoms with Crippen LogP contribution < -0.4 is 9.47 Å². The Hall–Kier alpha value is -2.29. The van der Waals surface area contributed by atoms with Crippen molar-refractivity contribution in [2.45, 2.75) is 40.0 Å². The molecule has 3 heteroatoms. The van der Waals surface area contributed by atoms with E-state index in [2.05, 4.69) is 6.92 Å². The Morgan fingerprint density at radius 2 is 1.64 bits per heavy atom. The highest BCUT2D eigenvalue weighted by molar-refractivity contribution is 5.68. The van der Waals surface area contributed by atoms with Gasteiger partial charge in [0.05, 0.1) is 0 Å². The molecule has 2 rings (SSSR count). The van der Waals surface area contributed by atoms with Crippen LogP contribution in [-0.4, -0.2) is 6.16 Å². The Kier molecular flexibility index (Phi) is 5.59. The normalized spacial score (nSPS) is 10.3. The van der Waals surface area contributed by atoms with Crippen molar-refractivity contribution in [1.82, 2.24) is 0 Å². The first-order chi connectivity index (χ1) is 10.6. The number of hydrogen-bond donors (Lipinski definition) is 0. The molecule has 116 valence electrons. The first-order valence-electron chi connectivity index (χ1n) is 7.65. The summed E-state index contributed by atoms with van der Waals surface area (Å²) in [6.45, 7) is 6.04. The van der Waals surface area contributed by atoms with Crippen LogP contribution in [0.15, 0.2) is 42.5 Å². The molecule has 0 atom stereocenters. The van der Waals surface area contributed by atoms with Crippen LogP contribution in [0.5, 0.6) is 11.5 Å². The Balaban J connectivity index is 2.07. The maximum Gasteiger partial charge on any atom is 0.519 e. The topological polar surface area (TPSA) is 35.5 Å². The number of ether oxygens (including phenoxy) is 2. The van der Waals surface area contributed by atoms with Crippen molar-refractivity contribution in [1.29, 1.82) is 0 Å². The summed E-state index contributed by atoms with van der Waals surface area (Å²) in [5.74, 6) is 1.11. The van der Waals surface area contributed by atoms with Crippen LogP contribution in [0.1, 0.15) is 36.5 Å². The van der Waals surface area contributed by atoms with Gasteiger partial charge in [-0.2, -0.15) is 0 Å². The van der Waals surface area contributed by atoms with Gasteiger partial charge in [-0.05, 0) is 55.5 Å². The molecule has 2 aromatic carbocycles. The molecule has 3 nitrogen and oxygen atoms in total. The predicted octanol–water partition coefficient (Wildman–Crippen LogP) is 5.22. The van der Waals surface area contributed by atoms with Crippen LogP contribution in [-0.2, 0) is 6.42 Å². The molecule has 0 heterocycles. The monoisotopic (exact) mass is 298 g/mol. The zero-order valence-electron chi connectivity index (χ0n) is 13.4. The fraction of sp³-hybridized carbons (Fsp3) is 0.316. The number of aryl methyl sites for hydroxylation is 2. The zero-order chi connectivity index (χ0) is 15.9. The molecule has 0 amide bonds. The molecule has 0 saturated carbocycles. The number of carbonyl (C=O) groups is 1. The van der Waals surface area contributed by atoms with Crippen LogP contribution in [0.2, 0.25) is 0 Å². The molecule has 0 unspecified atom stereocenters. The van der Waals surface area contributed by atoms with Crippen molar-refractivity contribution >= 4 is 6.16 Å². The Morgan fingerprint density at radius 1 is 0.955 bits per heavy atom.